The molecule has 2 amide bonds. The third kappa shape index (κ3) is 6.42. The normalized spacial score (nSPS) is 17.7. The number of H-pyrrole nitrogens is 1. The van der Waals surface area contributed by atoms with E-state index in [-0.39, 0.29) is 23.0 Å². The zero-order valence-electron chi connectivity index (χ0n) is 22.6. The molecule has 37 heavy (non-hydrogen) atoms. The number of anilines is 1. The van der Waals surface area contributed by atoms with Crippen LogP contribution in [0.15, 0.2) is 24.3 Å². The molecule has 1 aliphatic carbocycles. The van der Waals surface area contributed by atoms with Crippen LogP contribution in [0, 0.1) is 12.3 Å². The first-order valence-corrected chi connectivity index (χ1v) is 13.6. The molecule has 0 bridgehead atoms. The lowest BCUT2D eigenvalue weighted by Gasteiger charge is -2.29. The highest BCUT2D eigenvalue weighted by molar-refractivity contribution is 6.05. The monoisotopic (exact) mass is 507 g/mol. The fraction of sp³-hybridized carbons (Fsp3) is 0.552. The van der Waals surface area contributed by atoms with Crippen molar-refractivity contribution in [3.63, 3.8) is 0 Å². The topological polar surface area (TPSA) is 106 Å². The number of carbonyl (C=O) groups is 3. The third-order valence-corrected chi connectivity index (χ3v) is 7.48. The number of aromatic nitrogens is 1. The second-order valence-electron chi connectivity index (χ2n) is 11.2. The molecule has 0 radical (unpaired) electrons. The van der Waals surface area contributed by atoms with Crippen molar-refractivity contribution in [2.75, 3.05) is 31.1 Å². The van der Waals surface area contributed by atoms with E-state index in [1.54, 1.807) is 0 Å². The molecule has 1 saturated heterocycles. The minimum absolute atomic E-state index is 0.0716. The summed E-state index contributed by atoms with van der Waals surface area (Å²) in [6.07, 6.45) is 3.49. The Labute approximate surface area is 220 Å². The lowest BCUT2D eigenvalue weighted by atomic mass is 9.75. The number of amides is 2. The Kier molecular flexibility index (Phi) is 8.37. The van der Waals surface area contributed by atoms with Crippen LogP contribution in [-0.2, 0) is 17.8 Å². The summed E-state index contributed by atoms with van der Waals surface area (Å²) >= 11 is 0. The van der Waals surface area contributed by atoms with Crippen molar-refractivity contribution in [2.45, 2.75) is 72.4 Å². The van der Waals surface area contributed by atoms with E-state index in [0.29, 0.717) is 36.2 Å². The molecule has 1 fully saturated rings. The molecule has 200 valence electrons. The van der Waals surface area contributed by atoms with Crippen LogP contribution in [0.1, 0.15) is 84.1 Å². The van der Waals surface area contributed by atoms with E-state index in [0.717, 1.165) is 56.7 Å². The molecule has 1 aliphatic heterocycles. The lowest BCUT2D eigenvalue weighted by Crippen LogP contribution is -2.46. The largest absolute Gasteiger partial charge is 0.369 e. The number of piperazine rings is 1. The number of carbonyl (C=O) groups excluding carboxylic acids is 3. The van der Waals surface area contributed by atoms with Crippen molar-refractivity contribution in [3.05, 3.63) is 52.3 Å². The second-order valence-corrected chi connectivity index (χ2v) is 11.2. The van der Waals surface area contributed by atoms with Gasteiger partial charge in [-0.2, -0.15) is 0 Å². The molecule has 2 aliphatic rings. The molecule has 4 rings (SSSR count). The summed E-state index contributed by atoms with van der Waals surface area (Å²) < 4.78 is 0. The molecule has 1 aromatic carbocycles. The quantitative estimate of drug-likeness (QED) is 0.416. The van der Waals surface area contributed by atoms with Crippen LogP contribution < -0.4 is 20.9 Å². The van der Waals surface area contributed by atoms with Crippen LogP contribution in [0.25, 0.3) is 0 Å². The molecular formula is C29H41N5O3. The molecule has 1 aromatic heterocycles. The van der Waals surface area contributed by atoms with Crippen LogP contribution in [0.2, 0.25) is 0 Å². The summed E-state index contributed by atoms with van der Waals surface area (Å²) in [4.78, 5) is 44.7. The van der Waals surface area contributed by atoms with Gasteiger partial charge in [-0.3, -0.25) is 14.4 Å². The maximum Gasteiger partial charge on any atom is 0.268 e. The van der Waals surface area contributed by atoms with Crippen LogP contribution in [0.5, 0.6) is 0 Å². The van der Waals surface area contributed by atoms with Crippen molar-refractivity contribution in [2.24, 2.45) is 5.41 Å². The highest BCUT2D eigenvalue weighted by Gasteiger charge is 2.35. The Balaban J connectivity index is 1.40. The zero-order chi connectivity index (χ0) is 26.6. The van der Waals surface area contributed by atoms with E-state index in [2.05, 4.69) is 58.7 Å². The van der Waals surface area contributed by atoms with Crippen LogP contribution in [-0.4, -0.2) is 54.8 Å². The van der Waals surface area contributed by atoms with Gasteiger partial charge in [-0.15, -0.1) is 0 Å². The number of hydrogen-bond acceptors (Lipinski definition) is 5. The Morgan fingerprint density at radius 1 is 1.11 bits per heavy atom. The maximum absolute atomic E-state index is 13.2. The average Bonchev–Trinajstić information content (AvgIpc) is 3.21. The molecule has 8 heteroatoms. The van der Waals surface area contributed by atoms with Gasteiger partial charge in [0.2, 0.25) is 5.91 Å². The number of fused-ring (bicyclic) bond motifs is 1. The van der Waals surface area contributed by atoms with Gasteiger partial charge in [0.15, 0.2) is 5.78 Å². The van der Waals surface area contributed by atoms with Crippen molar-refractivity contribution in [1.29, 1.82) is 0 Å². The van der Waals surface area contributed by atoms with Crippen LogP contribution >= 0.6 is 0 Å². The van der Waals surface area contributed by atoms with Crippen molar-refractivity contribution in [1.82, 2.24) is 20.9 Å². The summed E-state index contributed by atoms with van der Waals surface area (Å²) in [5, 5.41) is 9.30. The predicted molar refractivity (Wildman–Crippen MR) is 146 cm³/mol. The maximum atomic E-state index is 13.2. The minimum Gasteiger partial charge on any atom is -0.369 e. The van der Waals surface area contributed by atoms with Gasteiger partial charge < -0.3 is 25.8 Å². The smallest absolute Gasteiger partial charge is 0.268 e. The molecule has 8 nitrogen and oxygen atoms in total. The number of hydrogen-bond donors (Lipinski definition) is 4. The summed E-state index contributed by atoms with van der Waals surface area (Å²) in [5.41, 5.74) is 4.59. The average molecular weight is 508 g/mol. The van der Waals surface area contributed by atoms with E-state index in [1.165, 1.54) is 5.69 Å². The fourth-order valence-corrected chi connectivity index (χ4v) is 5.43. The van der Waals surface area contributed by atoms with Gasteiger partial charge in [-0.25, -0.2) is 0 Å². The SMILES string of the molecule is CCCC[C@H](NC(=O)c1[nH]c2c(c1C)C(=O)CC(C)(C)C2)C(=O)NCc1ccc(N2CCNCC2)cc1. The first-order valence-electron chi connectivity index (χ1n) is 13.6. The fourth-order valence-electron chi connectivity index (χ4n) is 5.43. The number of unbranched alkanes of at least 4 members (excludes halogenated alkanes) is 1. The van der Waals surface area contributed by atoms with Gasteiger partial charge in [0.25, 0.3) is 5.91 Å². The molecular weight excluding hydrogens is 466 g/mol. The van der Waals surface area contributed by atoms with Gasteiger partial charge >= 0.3 is 0 Å². The standard InChI is InChI=1S/C29H41N5O3/c1-5-6-7-22(27(36)31-18-20-8-10-21(11-9-20)34-14-12-30-13-15-34)33-28(37)26-19(2)25-23(32-26)16-29(3,4)17-24(25)35/h8-11,22,30,32H,5-7,12-18H2,1-4H3,(H,31,36)(H,33,37)/t22-/m0/s1. The van der Waals surface area contributed by atoms with Gasteiger partial charge in [0.1, 0.15) is 11.7 Å². The van der Waals surface area contributed by atoms with E-state index < -0.39 is 6.04 Å². The predicted octanol–water partition coefficient (Wildman–Crippen LogP) is 3.49. The van der Waals surface area contributed by atoms with Crippen molar-refractivity contribution < 1.29 is 14.4 Å². The highest BCUT2D eigenvalue weighted by Crippen LogP contribution is 2.36. The molecule has 0 unspecified atom stereocenters. The number of aromatic amines is 1. The lowest BCUT2D eigenvalue weighted by molar-refractivity contribution is -0.123. The first-order chi connectivity index (χ1) is 17.7. The van der Waals surface area contributed by atoms with Crippen molar-refractivity contribution >= 4 is 23.3 Å². The molecule has 0 spiro atoms. The number of benzene rings is 1. The number of nitrogens with one attached hydrogen (secondary N) is 4. The molecule has 0 saturated carbocycles. The summed E-state index contributed by atoms with van der Waals surface area (Å²) in [5.74, 6) is -0.462. The van der Waals surface area contributed by atoms with Gasteiger partial charge in [-0.05, 0) is 48.4 Å². The first kappa shape index (κ1) is 26.9. The summed E-state index contributed by atoms with van der Waals surface area (Å²) in [6.45, 7) is 12.4. The molecule has 2 heterocycles. The number of ketones is 1. The third-order valence-electron chi connectivity index (χ3n) is 7.48. The Hall–Kier alpha value is -3.13. The highest BCUT2D eigenvalue weighted by atomic mass is 16.2. The van der Waals surface area contributed by atoms with Gasteiger partial charge in [0.05, 0.1) is 0 Å². The molecule has 2 aromatic rings. The van der Waals surface area contributed by atoms with E-state index in [9.17, 15) is 14.4 Å². The molecule has 4 N–H and O–H groups in total. The van der Waals surface area contributed by atoms with Gasteiger partial charge in [0, 0.05) is 56.1 Å². The number of rotatable bonds is 9. The second kappa shape index (κ2) is 11.5. The van der Waals surface area contributed by atoms with E-state index in [4.69, 9.17) is 0 Å². The Bertz CT molecular complexity index is 1130. The van der Waals surface area contributed by atoms with E-state index in [1.807, 2.05) is 19.1 Å². The van der Waals surface area contributed by atoms with Crippen LogP contribution in [0.3, 0.4) is 0 Å². The minimum atomic E-state index is -0.639. The number of nitrogens with zero attached hydrogens (tertiary/aromatic N) is 1. The van der Waals surface area contributed by atoms with Gasteiger partial charge in [-0.1, -0.05) is 45.7 Å². The number of Topliss-reactive ketones (excluding diaryl/α,β-unsaturated/α-hetero) is 1. The van der Waals surface area contributed by atoms with Crippen molar-refractivity contribution in [3.8, 4) is 0 Å². The zero-order valence-corrected chi connectivity index (χ0v) is 22.6. The van der Waals surface area contributed by atoms with E-state index >= 15 is 0 Å². The Morgan fingerprint density at radius 2 is 1.81 bits per heavy atom. The molecule has 1 atom stereocenters. The van der Waals surface area contributed by atoms with Crippen LogP contribution in [0.4, 0.5) is 5.69 Å². The Morgan fingerprint density at radius 3 is 2.49 bits per heavy atom. The summed E-state index contributed by atoms with van der Waals surface area (Å²) in [6, 6.07) is 7.65. The summed E-state index contributed by atoms with van der Waals surface area (Å²) in [7, 11) is 0.